The van der Waals surface area contributed by atoms with Gasteiger partial charge in [0, 0.05) is 0 Å². The molecule has 0 aliphatic rings. The van der Waals surface area contributed by atoms with E-state index in [4.69, 9.17) is 0 Å². The highest BCUT2D eigenvalue weighted by atomic mass is 19.4. The zero-order valence-electron chi connectivity index (χ0n) is 9.80. The van der Waals surface area contributed by atoms with Crippen molar-refractivity contribution in [1.82, 2.24) is 0 Å². The largest absolute Gasteiger partial charge is 0.462 e. The first-order valence-electron chi connectivity index (χ1n) is 4.88. The quantitative estimate of drug-likeness (QED) is 0.463. The Hall–Kier alpha value is -1.08. The smallest absolute Gasteiger partial charge is 0.455 e. The van der Waals surface area contributed by atoms with Crippen LogP contribution in [0.4, 0.5) is 13.2 Å². The van der Waals surface area contributed by atoms with Crippen molar-refractivity contribution in [3.05, 3.63) is 11.6 Å². The Bertz CT molecular complexity index is 294. The Labute approximate surface area is 97.0 Å². The van der Waals surface area contributed by atoms with Crippen LogP contribution in [0.15, 0.2) is 11.6 Å². The fraction of sp³-hybridized carbons (Fsp3) is 0.700. The minimum atomic E-state index is -5.26. The van der Waals surface area contributed by atoms with E-state index >= 15 is 0 Å². The number of hydrogen-bond donors (Lipinski definition) is 1. The van der Waals surface area contributed by atoms with Crippen molar-refractivity contribution in [2.24, 2.45) is 0 Å². The summed E-state index contributed by atoms with van der Waals surface area (Å²) in [5, 5.41) is 9.21. The van der Waals surface area contributed by atoms with E-state index in [0.717, 1.165) is 0 Å². The van der Waals surface area contributed by atoms with E-state index < -0.39 is 24.5 Å². The van der Waals surface area contributed by atoms with Crippen LogP contribution in [0.3, 0.4) is 0 Å². The Morgan fingerprint density at radius 1 is 1.35 bits per heavy atom. The van der Waals surface area contributed by atoms with E-state index in [-0.39, 0.29) is 6.61 Å². The highest BCUT2D eigenvalue weighted by molar-refractivity contribution is 5.78. The van der Waals surface area contributed by atoms with E-state index in [1.807, 2.05) is 0 Å². The molecule has 4 nitrogen and oxygen atoms in total. The van der Waals surface area contributed by atoms with Gasteiger partial charge in [0.2, 0.25) is 0 Å². The summed E-state index contributed by atoms with van der Waals surface area (Å²) in [7, 11) is 0. The van der Waals surface area contributed by atoms with Crippen LogP contribution in [0.5, 0.6) is 0 Å². The third kappa shape index (κ3) is 4.35. The van der Waals surface area contributed by atoms with Gasteiger partial charge in [0.15, 0.2) is 0 Å². The molecular formula is C10H15F3O4. The SMILES string of the molecule is CCOC(=O)C(O)(OCC=C(C)C)C(F)(F)F. The van der Waals surface area contributed by atoms with Gasteiger partial charge in [-0.3, -0.25) is 0 Å². The second kappa shape index (κ2) is 6.02. The van der Waals surface area contributed by atoms with Crippen molar-refractivity contribution in [3.8, 4) is 0 Å². The molecule has 0 spiro atoms. The average molecular weight is 256 g/mol. The lowest BCUT2D eigenvalue weighted by molar-refractivity contribution is -0.350. The third-order valence-corrected chi connectivity index (χ3v) is 1.72. The lowest BCUT2D eigenvalue weighted by Gasteiger charge is -2.27. The van der Waals surface area contributed by atoms with Crippen LogP contribution in [0, 0.1) is 0 Å². The minimum absolute atomic E-state index is 0.288. The second-order valence-corrected chi connectivity index (χ2v) is 3.45. The molecule has 7 heteroatoms. The van der Waals surface area contributed by atoms with Gasteiger partial charge in [-0.05, 0) is 20.8 Å². The van der Waals surface area contributed by atoms with E-state index in [2.05, 4.69) is 9.47 Å². The molecule has 17 heavy (non-hydrogen) atoms. The van der Waals surface area contributed by atoms with Gasteiger partial charge in [0.05, 0.1) is 13.2 Å². The van der Waals surface area contributed by atoms with Gasteiger partial charge in [-0.2, -0.15) is 13.2 Å². The maximum absolute atomic E-state index is 12.5. The molecule has 0 aromatic carbocycles. The molecule has 0 aromatic heterocycles. The molecule has 0 bridgehead atoms. The van der Waals surface area contributed by atoms with Crippen LogP contribution < -0.4 is 0 Å². The predicted molar refractivity (Wildman–Crippen MR) is 53.0 cm³/mol. The number of allylic oxidation sites excluding steroid dienone is 1. The molecule has 1 unspecified atom stereocenters. The molecule has 0 heterocycles. The lowest BCUT2D eigenvalue weighted by atomic mass is 10.2. The molecule has 1 N–H and O–H groups in total. The number of hydrogen-bond acceptors (Lipinski definition) is 4. The van der Waals surface area contributed by atoms with Crippen LogP contribution in [-0.2, 0) is 14.3 Å². The van der Waals surface area contributed by atoms with Gasteiger partial charge in [-0.1, -0.05) is 11.6 Å². The molecule has 0 rings (SSSR count). The van der Waals surface area contributed by atoms with Crippen LogP contribution in [0.1, 0.15) is 20.8 Å². The number of esters is 1. The number of rotatable bonds is 5. The summed E-state index contributed by atoms with van der Waals surface area (Å²) in [6.07, 6.45) is -3.95. The molecule has 1 atom stereocenters. The fourth-order valence-corrected chi connectivity index (χ4v) is 0.814. The third-order valence-electron chi connectivity index (χ3n) is 1.72. The number of carbonyl (C=O) groups excluding carboxylic acids is 1. The zero-order valence-corrected chi connectivity index (χ0v) is 9.80. The van der Waals surface area contributed by atoms with Gasteiger partial charge in [-0.25, -0.2) is 4.79 Å². The van der Waals surface area contributed by atoms with E-state index in [9.17, 15) is 23.1 Å². The van der Waals surface area contributed by atoms with Crippen LogP contribution >= 0.6 is 0 Å². The van der Waals surface area contributed by atoms with Crippen molar-refractivity contribution in [3.63, 3.8) is 0 Å². The highest BCUT2D eigenvalue weighted by Gasteiger charge is 2.62. The zero-order chi connectivity index (χ0) is 13.7. The number of aliphatic hydroxyl groups is 1. The van der Waals surface area contributed by atoms with Crippen molar-refractivity contribution in [2.75, 3.05) is 13.2 Å². The molecule has 0 aromatic rings. The lowest BCUT2D eigenvalue weighted by Crippen LogP contribution is -2.55. The molecule has 0 amide bonds. The summed E-state index contributed by atoms with van der Waals surface area (Å²) < 4.78 is 45.9. The highest BCUT2D eigenvalue weighted by Crippen LogP contribution is 2.32. The summed E-state index contributed by atoms with van der Waals surface area (Å²) in [6.45, 7) is 3.77. The number of carbonyl (C=O) groups is 1. The summed E-state index contributed by atoms with van der Waals surface area (Å²) in [6, 6.07) is 0. The molecule has 0 aliphatic carbocycles. The Balaban J connectivity index is 4.87. The predicted octanol–water partition coefficient (Wildman–Crippen LogP) is 1.78. The number of halogens is 3. The van der Waals surface area contributed by atoms with Crippen molar-refractivity contribution in [1.29, 1.82) is 0 Å². The summed E-state index contributed by atoms with van der Waals surface area (Å²) in [4.78, 5) is 11.0. The second-order valence-electron chi connectivity index (χ2n) is 3.45. The van der Waals surface area contributed by atoms with Crippen LogP contribution in [0.25, 0.3) is 0 Å². The van der Waals surface area contributed by atoms with E-state index in [1.54, 1.807) is 13.8 Å². The maximum atomic E-state index is 12.5. The van der Waals surface area contributed by atoms with Crippen molar-refractivity contribution < 1.29 is 32.5 Å². The monoisotopic (exact) mass is 256 g/mol. The molecule has 0 saturated heterocycles. The Kier molecular flexibility index (Phi) is 5.63. The van der Waals surface area contributed by atoms with E-state index in [0.29, 0.717) is 5.57 Å². The van der Waals surface area contributed by atoms with Crippen LogP contribution in [0.2, 0.25) is 0 Å². The molecular weight excluding hydrogens is 241 g/mol. The first kappa shape index (κ1) is 15.9. The normalized spacial score (nSPS) is 15.0. The summed E-state index contributed by atoms with van der Waals surface area (Å²) in [5.74, 6) is -5.79. The summed E-state index contributed by atoms with van der Waals surface area (Å²) >= 11 is 0. The van der Waals surface area contributed by atoms with Gasteiger partial charge in [-0.15, -0.1) is 0 Å². The number of ether oxygens (including phenoxy) is 2. The minimum Gasteiger partial charge on any atom is -0.462 e. The van der Waals surface area contributed by atoms with Gasteiger partial charge in [0.25, 0.3) is 0 Å². The van der Waals surface area contributed by atoms with Gasteiger partial charge < -0.3 is 14.6 Å². The van der Waals surface area contributed by atoms with Crippen molar-refractivity contribution in [2.45, 2.75) is 32.7 Å². The van der Waals surface area contributed by atoms with Crippen molar-refractivity contribution >= 4 is 5.97 Å². The Morgan fingerprint density at radius 2 is 1.88 bits per heavy atom. The summed E-state index contributed by atoms with van der Waals surface area (Å²) in [5.41, 5.74) is 0.693. The van der Waals surface area contributed by atoms with E-state index in [1.165, 1.54) is 13.0 Å². The van der Waals surface area contributed by atoms with Gasteiger partial charge in [0.1, 0.15) is 0 Å². The van der Waals surface area contributed by atoms with Gasteiger partial charge >= 0.3 is 17.9 Å². The molecule has 0 radical (unpaired) electrons. The molecule has 100 valence electrons. The number of alkyl halides is 3. The molecule has 0 aliphatic heterocycles. The first-order valence-corrected chi connectivity index (χ1v) is 4.88. The fourth-order valence-electron chi connectivity index (χ4n) is 0.814. The molecule has 0 saturated carbocycles. The standard InChI is InChI=1S/C10H15F3O4/c1-4-16-8(14)9(15,10(11,12)13)17-6-5-7(2)3/h5,15H,4,6H2,1-3H3. The topological polar surface area (TPSA) is 55.8 Å². The first-order chi connectivity index (χ1) is 7.65. The maximum Gasteiger partial charge on any atom is 0.455 e. The van der Waals surface area contributed by atoms with Crippen LogP contribution in [-0.4, -0.2) is 36.3 Å². The molecule has 0 fully saturated rings. The Morgan fingerprint density at radius 3 is 2.24 bits per heavy atom. The average Bonchev–Trinajstić information content (AvgIpc) is 2.15.